The number of nitrogens with two attached hydrogens (primary N) is 1. The molecule has 0 saturated carbocycles. The highest BCUT2D eigenvalue weighted by atomic mass is 79.9. The number of nitrogens with one attached hydrogen (secondary N) is 1. The molecule has 1 aliphatic heterocycles. The highest BCUT2D eigenvalue weighted by Crippen LogP contribution is 2.24. The third-order valence-corrected chi connectivity index (χ3v) is 4.21. The standard InChI is InChI=1S/C14H18BrN3O2S/c1-9(14(19)18-4-6-20-7-5-18)17-12-3-2-10(13(16)21)8-11(12)15/h2-3,8-9,17H,4-7H2,1H3,(H2,16,21). The number of rotatable bonds is 4. The second kappa shape index (κ2) is 7.20. The third-order valence-electron chi connectivity index (χ3n) is 3.32. The number of carbonyl (C=O) groups is 1. The molecule has 0 radical (unpaired) electrons. The van der Waals surface area contributed by atoms with Crippen LogP contribution >= 0.6 is 28.1 Å². The van der Waals surface area contributed by atoms with Crippen molar-refractivity contribution in [3.8, 4) is 0 Å². The van der Waals surface area contributed by atoms with E-state index < -0.39 is 0 Å². The molecule has 1 aliphatic rings. The van der Waals surface area contributed by atoms with E-state index in [-0.39, 0.29) is 11.9 Å². The summed E-state index contributed by atoms with van der Waals surface area (Å²) in [5.74, 6) is 0.0728. The number of amides is 1. The van der Waals surface area contributed by atoms with E-state index in [2.05, 4.69) is 21.2 Å². The van der Waals surface area contributed by atoms with Crippen LogP contribution < -0.4 is 11.1 Å². The van der Waals surface area contributed by atoms with Gasteiger partial charge >= 0.3 is 0 Å². The van der Waals surface area contributed by atoms with Crippen molar-refractivity contribution in [1.82, 2.24) is 4.90 Å². The SMILES string of the molecule is CC(Nc1ccc(C(N)=S)cc1Br)C(=O)N1CCOCC1. The first kappa shape index (κ1) is 16.2. The fraction of sp³-hybridized carbons (Fsp3) is 0.429. The van der Waals surface area contributed by atoms with Crippen LogP contribution in [0, 0.1) is 0 Å². The van der Waals surface area contributed by atoms with Crippen molar-refractivity contribution in [3.05, 3.63) is 28.2 Å². The molecule has 2 rings (SSSR count). The molecular formula is C14H18BrN3O2S. The summed E-state index contributed by atoms with van der Waals surface area (Å²) in [5, 5.41) is 3.21. The molecule has 1 aromatic rings. The molecule has 1 amide bonds. The predicted octanol–water partition coefficient (Wildman–Crippen LogP) is 1.74. The van der Waals surface area contributed by atoms with E-state index in [1.165, 1.54) is 0 Å². The van der Waals surface area contributed by atoms with E-state index in [0.29, 0.717) is 31.3 Å². The van der Waals surface area contributed by atoms with E-state index in [1.807, 2.05) is 30.0 Å². The van der Waals surface area contributed by atoms with E-state index in [1.54, 1.807) is 0 Å². The van der Waals surface area contributed by atoms with Crippen LogP contribution in [0.15, 0.2) is 22.7 Å². The quantitative estimate of drug-likeness (QED) is 0.789. The zero-order valence-electron chi connectivity index (χ0n) is 11.8. The Labute approximate surface area is 137 Å². The first-order chi connectivity index (χ1) is 9.99. The van der Waals surface area contributed by atoms with Gasteiger partial charge in [0.15, 0.2) is 0 Å². The number of hydrogen-bond acceptors (Lipinski definition) is 4. The van der Waals surface area contributed by atoms with Gasteiger partial charge in [-0.3, -0.25) is 4.79 Å². The first-order valence-electron chi connectivity index (χ1n) is 6.71. The van der Waals surface area contributed by atoms with Gasteiger partial charge in [-0.1, -0.05) is 12.2 Å². The minimum atomic E-state index is -0.310. The molecule has 3 N–H and O–H groups in total. The molecule has 5 nitrogen and oxygen atoms in total. The fourth-order valence-electron chi connectivity index (χ4n) is 2.14. The molecule has 7 heteroatoms. The Morgan fingerprint density at radius 2 is 2.14 bits per heavy atom. The van der Waals surface area contributed by atoms with Crippen molar-refractivity contribution < 1.29 is 9.53 Å². The van der Waals surface area contributed by atoms with Crippen molar-refractivity contribution >= 4 is 44.7 Å². The zero-order chi connectivity index (χ0) is 15.4. The number of carbonyl (C=O) groups excluding carboxylic acids is 1. The number of ether oxygens (including phenoxy) is 1. The smallest absolute Gasteiger partial charge is 0.244 e. The summed E-state index contributed by atoms with van der Waals surface area (Å²) in [4.78, 5) is 14.5. The lowest BCUT2D eigenvalue weighted by atomic mass is 10.2. The zero-order valence-corrected chi connectivity index (χ0v) is 14.2. The van der Waals surface area contributed by atoms with Crippen molar-refractivity contribution in [2.24, 2.45) is 5.73 Å². The van der Waals surface area contributed by atoms with Gasteiger partial charge in [-0.25, -0.2) is 0 Å². The van der Waals surface area contributed by atoms with Crippen LogP contribution in [0.3, 0.4) is 0 Å². The third kappa shape index (κ3) is 4.15. The summed E-state index contributed by atoms with van der Waals surface area (Å²) in [6.45, 7) is 4.35. The average Bonchev–Trinajstić information content (AvgIpc) is 2.49. The van der Waals surface area contributed by atoms with E-state index in [4.69, 9.17) is 22.7 Å². The van der Waals surface area contributed by atoms with E-state index >= 15 is 0 Å². The number of hydrogen-bond donors (Lipinski definition) is 2. The van der Waals surface area contributed by atoms with Crippen LogP contribution in [0.1, 0.15) is 12.5 Å². The van der Waals surface area contributed by atoms with E-state index in [0.717, 1.165) is 15.7 Å². The molecule has 0 spiro atoms. The highest BCUT2D eigenvalue weighted by molar-refractivity contribution is 9.10. The maximum Gasteiger partial charge on any atom is 0.244 e. The lowest BCUT2D eigenvalue weighted by Gasteiger charge is -2.30. The molecule has 0 aliphatic carbocycles. The Morgan fingerprint density at radius 3 is 2.71 bits per heavy atom. The second-order valence-electron chi connectivity index (χ2n) is 4.86. The maximum absolute atomic E-state index is 12.3. The molecule has 1 fully saturated rings. The van der Waals surface area contributed by atoms with Crippen LogP contribution in [0.4, 0.5) is 5.69 Å². The number of anilines is 1. The topological polar surface area (TPSA) is 67.6 Å². The first-order valence-corrected chi connectivity index (χ1v) is 7.91. The van der Waals surface area contributed by atoms with Crippen LogP contribution in [0.25, 0.3) is 0 Å². The van der Waals surface area contributed by atoms with Gasteiger partial charge in [0.25, 0.3) is 0 Å². The lowest BCUT2D eigenvalue weighted by molar-refractivity contribution is -0.135. The van der Waals surface area contributed by atoms with Gasteiger partial charge in [-0.2, -0.15) is 0 Å². The van der Waals surface area contributed by atoms with Gasteiger partial charge in [0, 0.05) is 28.8 Å². The predicted molar refractivity (Wildman–Crippen MR) is 90.5 cm³/mol. The fourth-order valence-corrected chi connectivity index (χ4v) is 2.76. The summed E-state index contributed by atoms with van der Waals surface area (Å²) >= 11 is 8.41. The Bertz CT molecular complexity index is 547. The number of nitrogens with zero attached hydrogens (tertiary/aromatic N) is 1. The van der Waals surface area contributed by atoms with Gasteiger partial charge in [0.05, 0.1) is 13.2 Å². The number of morpholine rings is 1. The van der Waals surface area contributed by atoms with Crippen LogP contribution in [-0.4, -0.2) is 48.1 Å². The summed E-state index contributed by atoms with van der Waals surface area (Å²) < 4.78 is 6.08. The minimum absolute atomic E-state index is 0.0728. The number of benzene rings is 1. The summed E-state index contributed by atoms with van der Waals surface area (Å²) in [7, 11) is 0. The maximum atomic E-state index is 12.3. The van der Waals surface area contributed by atoms with Crippen molar-refractivity contribution in [1.29, 1.82) is 0 Å². The normalized spacial score (nSPS) is 16.4. The largest absolute Gasteiger partial charge is 0.389 e. The average molecular weight is 372 g/mol. The molecule has 1 saturated heterocycles. The van der Waals surface area contributed by atoms with Gasteiger partial charge in [0.1, 0.15) is 11.0 Å². The molecule has 1 aromatic carbocycles. The highest BCUT2D eigenvalue weighted by Gasteiger charge is 2.22. The molecule has 1 unspecified atom stereocenters. The molecular weight excluding hydrogens is 354 g/mol. The van der Waals surface area contributed by atoms with Crippen molar-refractivity contribution in [2.45, 2.75) is 13.0 Å². The second-order valence-corrected chi connectivity index (χ2v) is 6.16. The van der Waals surface area contributed by atoms with Crippen LogP contribution in [0.2, 0.25) is 0 Å². The van der Waals surface area contributed by atoms with Gasteiger partial charge in [-0.05, 0) is 41.1 Å². The summed E-state index contributed by atoms with van der Waals surface area (Å²) in [6, 6.07) is 5.23. The van der Waals surface area contributed by atoms with Crippen LogP contribution in [-0.2, 0) is 9.53 Å². The van der Waals surface area contributed by atoms with Gasteiger partial charge in [0.2, 0.25) is 5.91 Å². The molecule has 1 atom stereocenters. The van der Waals surface area contributed by atoms with Crippen molar-refractivity contribution in [2.75, 3.05) is 31.6 Å². The minimum Gasteiger partial charge on any atom is -0.389 e. The van der Waals surface area contributed by atoms with E-state index in [9.17, 15) is 4.79 Å². The summed E-state index contributed by atoms with van der Waals surface area (Å²) in [6.07, 6.45) is 0. The Kier molecular flexibility index (Phi) is 5.55. The number of halogens is 1. The van der Waals surface area contributed by atoms with Crippen LogP contribution in [0.5, 0.6) is 0 Å². The van der Waals surface area contributed by atoms with Crippen molar-refractivity contribution in [3.63, 3.8) is 0 Å². The summed E-state index contributed by atoms with van der Waals surface area (Å²) in [5.41, 5.74) is 7.22. The monoisotopic (exact) mass is 371 g/mol. The molecule has 21 heavy (non-hydrogen) atoms. The van der Waals surface area contributed by atoms with Gasteiger partial charge < -0.3 is 20.7 Å². The Morgan fingerprint density at radius 1 is 1.48 bits per heavy atom. The lowest BCUT2D eigenvalue weighted by Crippen LogP contribution is -2.47. The number of thiocarbonyl (C=S) groups is 1. The molecule has 0 bridgehead atoms. The Balaban J connectivity index is 2.03. The molecule has 114 valence electrons. The molecule has 0 aromatic heterocycles. The van der Waals surface area contributed by atoms with Gasteiger partial charge in [-0.15, -0.1) is 0 Å². The molecule has 1 heterocycles. The Hall–Kier alpha value is -1.18.